The first kappa shape index (κ1) is 14.8. The summed E-state index contributed by atoms with van der Waals surface area (Å²) in [7, 11) is 0. The lowest BCUT2D eigenvalue weighted by molar-refractivity contribution is 0.194. The number of aliphatic hydroxyl groups excluding tert-OH is 1. The predicted molar refractivity (Wildman–Crippen MR) is 77.7 cm³/mol. The Hall–Kier alpha value is -1.58. The zero-order valence-corrected chi connectivity index (χ0v) is 12.1. The number of rotatable bonds is 4. The van der Waals surface area contributed by atoms with Crippen molar-refractivity contribution in [1.29, 1.82) is 0 Å². The Kier molecular flexibility index (Phi) is 4.63. The average Bonchev–Trinajstić information content (AvgIpc) is 2.41. The fourth-order valence-electron chi connectivity index (χ4n) is 1.96. The molecule has 4 heteroatoms. The normalized spacial score (nSPS) is 12.5. The molecule has 0 radical (unpaired) electrons. The second-order valence-electron chi connectivity index (χ2n) is 4.77. The van der Waals surface area contributed by atoms with Gasteiger partial charge < -0.3 is 9.84 Å². The highest BCUT2D eigenvalue weighted by Gasteiger charge is 2.19. The Balaban J connectivity index is 2.42. The summed E-state index contributed by atoms with van der Waals surface area (Å²) in [5.41, 5.74) is 0.652. The Labute approximate surface area is 122 Å². The van der Waals surface area contributed by atoms with Crippen LogP contribution in [0.1, 0.15) is 31.1 Å². The van der Waals surface area contributed by atoms with E-state index < -0.39 is 11.9 Å². The Morgan fingerprint density at radius 1 is 1.10 bits per heavy atom. The van der Waals surface area contributed by atoms with Gasteiger partial charge in [0.1, 0.15) is 17.7 Å². The second kappa shape index (κ2) is 6.25. The molecular formula is C16H16ClFO2. The molecule has 1 unspecified atom stereocenters. The van der Waals surface area contributed by atoms with Crippen molar-refractivity contribution in [3.8, 4) is 5.75 Å². The van der Waals surface area contributed by atoms with E-state index in [4.69, 9.17) is 16.3 Å². The third-order valence-corrected chi connectivity index (χ3v) is 3.06. The van der Waals surface area contributed by atoms with Crippen LogP contribution in [0.3, 0.4) is 0 Å². The van der Waals surface area contributed by atoms with E-state index in [1.165, 1.54) is 18.2 Å². The molecule has 0 spiro atoms. The first-order chi connectivity index (χ1) is 9.49. The SMILES string of the molecule is CC(C)Oc1ccccc1C(O)c1cc(Cl)ccc1F. The molecule has 0 amide bonds. The maximum Gasteiger partial charge on any atom is 0.129 e. The van der Waals surface area contributed by atoms with Crippen molar-refractivity contribution >= 4 is 11.6 Å². The van der Waals surface area contributed by atoms with E-state index in [2.05, 4.69) is 0 Å². The summed E-state index contributed by atoms with van der Waals surface area (Å²) in [6, 6.07) is 11.2. The van der Waals surface area contributed by atoms with E-state index in [0.29, 0.717) is 16.3 Å². The first-order valence-corrected chi connectivity index (χ1v) is 6.75. The molecule has 0 aromatic heterocycles. The first-order valence-electron chi connectivity index (χ1n) is 6.37. The predicted octanol–water partition coefficient (Wildman–Crippen LogP) is 4.35. The third kappa shape index (κ3) is 3.30. The third-order valence-electron chi connectivity index (χ3n) is 2.83. The van der Waals surface area contributed by atoms with Crippen molar-refractivity contribution in [2.75, 3.05) is 0 Å². The average molecular weight is 295 g/mol. The van der Waals surface area contributed by atoms with Gasteiger partial charge >= 0.3 is 0 Å². The van der Waals surface area contributed by atoms with Gasteiger partial charge in [0.2, 0.25) is 0 Å². The van der Waals surface area contributed by atoms with Crippen molar-refractivity contribution in [3.63, 3.8) is 0 Å². The Morgan fingerprint density at radius 2 is 1.80 bits per heavy atom. The van der Waals surface area contributed by atoms with Crippen LogP contribution >= 0.6 is 11.6 Å². The van der Waals surface area contributed by atoms with Crippen LogP contribution in [0.15, 0.2) is 42.5 Å². The van der Waals surface area contributed by atoms with Crippen LogP contribution in [-0.2, 0) is 0 Å². The van der Waals surface area contributed by atoms with Gasteiger partial charge in [-0.2, -0.15) is 0 Å². The van der Waals surface area contributed by atoms with E-state index in [1.807, 2.05) is 19.9 Å². The smallest absolute Gasteiger partial charge is 0.129 e. The molecule has 2 rings (SSSR count). The molecule has 0 saturated carbocycles. The standard InChI is InChI=1S/C16H16ClFO2/c1-10(2)20-15-6-4-3-5-12(15)16(19)13-9-11(17)7-8-14(13)18/h3-10,16,19H,1-2H3. The van der Waals surface area contributed by atoms with Gasteiger partial charge in [-0.25, -0.2) is 4.39 Å². The summed E-state index contributed by atoms with van der Waals surface area (Å²) in [6.07, 6.45) is -1.16. The van der Waals surface area contributed by atoms with Crippen LogP contribution in [0.5, 0.6) is 5.75 Å². The van der Waals surface area contributed by atoms with E-state index in [-0.39, 0.29) is 11.7 Å². The van der Waals surface area contributed by atoms with Crippen molar-refractivity contribution in [2.45, 2.75) is 26.1 Å². The zero-order chi connectivity index (χ0) is 14.7. The van der Waals surface area contributed by atoms with E-state index in [1.54, 1.807) is 18.2 Å². The number of halogens is 2. The number of aliphatic hydroxyl groups is 1. The number of hydrogen-bond donors (Lipinski definition) is 1. The Morgan fingerprint density at radius 3 is 2.50 bits per heavy atom. The molecule has 1 atom stereocenters. The molecule has 20 heavy (non-hydrogen) atoms. The summed E-state index contributed by atoms with van der Waals surface area (Å²) in [6.45, 7) is 3.78. The molecule has 106 valence electrons. The van der Waals surface area contributed by atoms with E-state index >= 15 is 0 Å². The fourth-order valence-corrected chi connectivity index (χ4v) is 2.14. The molecule has 0 aliphatic rings. The quantitative estimate of drug-likeness (QED) is 0.908. The van der Waals surface area contributed by atoms with Crippen LogP contribution in [0.2, 0.25) is 5.02 Å². The minimum atomic E-state index is -1.12. The van der Waals surface area contributed by atoms with Crippen LogP contribution in [0.4, 0.5) is 4.39 Å². The van der Waals surface area contributed by atoms with Crippen molar-refractivity contribution in [1.82, 2.24) is 0 Å². The van der Waals surface area contributed by atoms with Gasteiger partial charge in [-0.3, -0.25) is 0 Å². The molecule has 0 aliphatic carbocycles. The lowest BCUT2D eigenvalue weighted by atomic mass is 10.00. The highest BCUT2D eigenvalue weighted by Crippen LogP contribution is 2.32. The number of hydrogen-bond acceptors (Lipinski definition) is 2. The van der Waals surface area contributed by atoms with Gasteiger partial charge in [-0.05, 0) is 38.1 Å². The fraction of sp³-hybridized carbons (Fsp3) is 0.250. The molecule has 0 saturated heterocycles. The molecular weight excluding hydrogens is 279 g/mol. The maximum absolute atomic E-state index is 13.8. The monoisotopic (exact) mass is 294 g/mol. The van der Waals surface area contributed by atoms with E-state index in [0.717, 1.165) is 0 Å². The lowest BCUT2D eigenvalue weighted by Gasteiger charge is -2.18. The van der Waals surface area contributed by atoms with Crippen LogP contribution in [0.25, 0.3) is 0 Å². The molecule has 2 aromatic rings. The van der Waals surface area contributed by atoms with Gasteiger partial charge in [0.05, 0.1) is 6.10 Å². The topological polar surface area (TPSA) is 29.5 Å². The summed E-state index contributed by atoms with van der Waals surface area (Å²) >= 11 is 5.86. The minimum absolute atomic E-state index is 0.0347. The molecule has 2 aromatic carbocycles. The summed E-state index contributed by atoms with van der Waals surface area (Å²) in [5.74, 6) is 0.0376. The van der Waals surface area contributed by atoms with Crippen molar-refractivity contribution < 1.29 is 14.2 Å². The Bertz CT molecular complexity index is 599. The molecule has 0 bridgehead atoms. The van der Waals surface area contributed by atoms with Gasteiger partial charge in [-0.15, -0.1) is 0 Å². The maximum atomic E-state index is 13.8. The van der Waals surface area contributed by atoms with Crippen LogP contribution in [0, 0.1) is 5.82 Å². The second-order valence-corrected chi connectivity index (χ2v) is 5.21. The summed E-state index contributed by atoms with van der Waals surface area (Å²) in [4.78, 5) is 0. The van der Waals surface area contributed by atoms with Gasteiger partial charge in [0.15, 0.2) is 0 Å². The molecule has 2 nitrogen and oxygen atoms in total. The summed E-state index contributed by atoms with van der Waals surface area (Å²) < 4.78 is 19.5. The van der Waals surface area contributed by atoms with Crippen molar-refractivity contribution in [3.05, 3.63) is 64.4 Å². The largest absolute Gasteiger partial charge is 0.491 e. The number of benzene rings is 2. The van der Waals surface area contributed by atoms with Gasteiger partial charge in [0.25, 0.3) is 0 Å². The van der Waals surface area contributed by atoms with Crippen LogP contribution in [-0.4, -0.2) is 11.2 Å². The zero-order valence-electron chi connectivity index (χ0n) is 11.3. The van der Waals surface area contributed by atoms with Crippen molar-refractivity contribution in [2.24, 2.45) is 0 Å². The highest BCUT2D eigenvalue weighted by molar-refractivity contribution is 6.30. The molecule has 1 N–H and O–H groups in total. The lowest BCUT2D eigenvalue weighted by Crippen LogP contribution is -2.10. The van der Waals surface area contributed by atoms with Gasteiger partial charge in [0, 0.05) is 16.1 Å². The van der Waals surface area contributed by atoms with Gasteiger partial charge in [-0.1, -0.05) is 29.8 Å². The number of ether oxygens (including phenoxy) is 1. The highest BCUT2D eigenvalue weighted by atomic mass is 35.5. The minimum Gasteiger partial charge on any atom is -0.491 e. The van der Waals surface area contributed by atoms with E-state index in [9.17, 15) is 9.50 Å². The number of para-hydroxylation sites is 1. The summed E-state index contributed by atoms with van der Waals surface area (Å²) in [5, 5.41) is 10.8. The molecule has 0 aliphatic heterocycles. The van der Waals surface area contributed by atoms with Crippen LogP contribution < -0.4 is 4.74 Å². The molecule has 0 heterocycles. The molecule has 0 fully saturated rings.